The predicted molar refractivity (Wildman–Crippen MR) is 96.8 cm³/mol. The van der Waals surface area contributed by atoms with Crippen molar-refractivity contribution in [3.63, 3.8) is 0 Å². The Bertz CT molecular complexity index is 937. The van der Waals surface area contributed by atoms with Crippen LogP contribution in [0.1, 0.15) is 5.82 Å². The second-order valence-corrected chi connectivity index (χ2v) is 7.77. The number of nitrogens with zero attached hydrogens (tertiary/aromatic N) is 3. The highest BCUT2D eigenvalue weighted by Crippen LogP contribution is 2.19. The first-order valence-electron chi connectivity index (χ1n) is 8.61. The van der Waals surface area contributed by atoms with Crippen molar-refractivity contribution in [2.75, 3.05) is 44.4 Å². The molecule has 1 aromatic carbocycles. The van der Waals surface area contributed by atoms with Crippen molar-refractivity contribution in [1.29, 1.82) is 0 Å². The summed E-state index contributed by atoms with van der Waals surface area (Å²) in [7, 11) is -4.12. The number of morpholine rings is 1. The van der Waals surface area contributed by atoms with E-state index in [0.717, 1.165) is 12.1 Å². The molecule has 1 aliphatic heterocycles. The maximum absolute atomic E-state index is 13.7. The number of nitrogens with one attached hydrogen (secondary N) is 1. The minimum atomic E-state index is -4.12. The Hall–Kier alpha value is -2.37. The van der Waals surface area contributed by atoms with Crippen LogP contribution in [0.5, 0.6) is 5.88 Å². The molecule has 2 aromatic rings. The number of aryl methyl sites for hydroxylation is 1. The Morgan fingerprint density at radius 1 is 1.21 bits per heavy atom. The van der Waals surface area contributed by atoms with Crippen LogP contribution in [0.25, 0.3) is 0 Å². The van der Waals surface area contributed by atoms with Crippen LogP contribution >= 0.6 is 0 Å². The van der Waals surface area contributed by atoms with Crippen LogP contribution in [-0.4, -0.2) is 57.8 Å². The van der Waals surface area contributed by atoms with Crippen LogP contribution in [0, 0.1) is 18.6 Å². The first-order valence-corrected chi connectivity index (χ1v) is 10.1. The van der Waals surface area contributed by atoms with Gasteiger partial charge in [0.05, 0.1) is 13.2 Å². The maximum Gasteiger partial charge on any atom is 0.243 e. The zero-order chi connectivity index (χ0) is 20.1. The molecule has 2 heterocycles. The van der Waals surface area contributed by atoms with E-state index in [1.54, 1.807) is 13.0 Å². The maximum atomic E-state index is 13.7. The molecule has 0 unspecified atom stereocenters. The van der Waals surface area contributed by atoms with Crippen LogP contribution in [0.3, 0.4) is 0 Å². The number of halogens is 2. The smallest absolute Gasteiger partial charge is 0.243 e. The molecule has 0 bridgehead atoms. The number of rotatable bonds is 7. The van der Waals surface area contributed by atoms with Gasteiger partial charge in [-0.25, -0.2) is 26.9 Å². The van der Waals surface area contributed by atoms with Gasteiger partial charge in [0.25, 0.3) is 0 Å². The number of aromatic nitrogens is 2. The van der Waals surface area contributed by atoms with Crippen molar-refractivity contribution >= 4 is 15.8 Å². The fourth-order valence-corrected chi connectivity index (χ4v) is 3.73. The number of anilines is 1. The Kier molecular flexibility index (Phi) is 6.37. The molecule has 1 N–H and O–H groups in total. The zero-order valence-corrected chi connectivity index (χ0v) is 16.0. The van der Waals surface area contributed by atoms with Crippen LogP contribution in [0.4, 0.5) is 14.6 Å². The van der Waals surface area contributed by atoms with Gasteiger partial charge in [-0.3, -0.25) is 0 Å². The number of hydrogen-bond donors (Lipinski definition) is 1. The van der Waals surface area contributed by atoms with Gasteiger partial charge in [-0.15, -0.1) is 0 Å². The van der Waals surface area contributed by atoms with Crippen molar-refractivity contribution in [3.8, 4) is 5.88 Å². The largest absolute Gasteiger partial charge is 0.476 e. The molecule has 28 heavy (non-hydrogen) atoms. The first kappa shape index (κ1) is 20.4. The van der Waals surface area contributed by atoms with Crippen molar-refractivity contribution in [2.24, 2.45) is 0 Å². The van der Waals surface area contributed by atoms with Crippen LogP contribution < -0.4 is 14.4 Å². The standard InChI is InChI=1S/C17H20F2N4O4S/c1-12-21-16(23-5-8-26-9-6-23)11-17(22-12)27-7-4-20-28(24,25)15-3-2-13(18)10-14(15)19/h2-3,10-11,20H,4-9H2,1H3. The quantitative estimate of drug-likeness (QED) is 0.682. The van der Waals surface area contributed by atoms with E-state index in [1.165, 1.54) is 0 Å². The molecule has 3 rings (SSSR count). The minimum absolute atomic E-state index is 0.0267. The van der Waals surface area contributed by atoms with E-state index < -0.39 is 26.6 Å². The normalized spacial score (nSPS) is 14.9. The van der Waals surface area contributed by atoms with Crippen LogP contribution in [-0.2, 0) is 14.8 Å². The van der Waals surface area contributed by atoms with Crippen molar-refractivity contribution in [2.45, 2.75) is 11.8 Å². The third kappa shape index (κ3) is 5.12. The van der Waals surface area contributed by atoms with Gasteiger partial charge >= 0.3 is 0 Å². The highest BCUT2D eigenvalue weighted by atomic mass is 32.2. The molecule has 1 fully saturated rings. The molecule has 0 atom stereocenters. The van der Waals surface area contributed by atoms with Gasteiger partial charge in [0.15, 0.2) is 0 Å². The molecule has 0 spiro atoms. The van der Waals surface area contributed by atoms with Gasteiger partial charge < -0.3 is 14.4 Å². The summed E-state index contributed by atoms with van der Waals surface area (Å²) in [6.07, 6.45) is 0. The second-order valence-electron chi connectivity index (χ2n) is 6.03. The fourth-order valence-electron chi connectivity index (χ4n) is 2.66. The van der Waals surface area contributed by atoms with E-state index in [1.807, 2.05) is 4.90 Å². The lowest BCUT2D eigenvalue weighted by Crippen LogP contribution is -2.37. The molecular formula is C17H20F2N4O4S. The predicted octanol–water partition coefficient (Wildman–Crippen LogP) is 1.26. The number of sulfonamides is 1. The average Bonchev–Trinajstić information content (AvgIpc) is 2.65. The summed E-state index contributed by atoms with van der Waals surface area (Å²) in [5.41, 5.74) is 0. The molecule has 8 nitrogen and oxygen atoms in total. The number of ether oxygens (including phenoxy) is 2. The molecule has 152 valence electrons. The monoisotopic (exact) mass is 414 g/mol. The molecule has 0 saturated carbocycles. The summed E-state index contributed by atoms with van der Waals surface area (Å²) >= 11 is 0. The molecule has 1 saturated heterocycles. The Balaban J connectivity index is 1.58. The third-order valence-electron chi connectivity index (χ3n) is 3.96. The number of hydrogen-bond acceptors (Lipinski definition) is 7. The van der Waals surface area contributed by atoms with Crippen molar-refractivity contribution in [1.82, 2.24) is 14.7 Å². The Labute approximate surface area is 161 Å². The van der Waals surface area contributed by atoms with E-state index in [0.29, 0.717) is 49.9 Å². The summed E-state index contributed by atoms with van der Waals surface area (Å²) < 4.78 is 63.9. The van der Waals surface area contributed by atoms with Crippen molar-refractivity contribution in [3.05, 3.63) is 41.7 Å². The first-order chi connectivity index (χ1) is 13.3. The molecule has 1 aliphatic rings. The highest BCUT2D eigenvalue weighted by molar-refractivity contribution is 7.89. The van der Waals surface area contributed by atoms with Crippen molar-refractivity contribution < 1.29 is 26.7 Å². The zero-order valence-electron chi connectivity index (χ0n) is 15.2. The molecule has 11 heteroatoms. The van der Waals surface area contributed by atoms with Gasteiger partial charge in [0, 0.05) is 31.8 Å². The molecule has 0 aliphatic carbocycles. The van der Waals surface area contributed by atoms with Gasteiger partial charge in [0.1, 0.15) is 34.8 Å². The summed E-state index contributed by atoms with van der Waals surface area (Å²) in [6.45, 7) is 4.23. The lowest BCUT2D eigenvalue weighted by molar-refractivity contribution is 0.122. The van der Waals surface area contributed by atoms with Gasteiger partial charge in [-0.2, -0.15) is 4.98 Å². The molecule has 0 amide bonds. The van der Waals surface area contributed by atoms with E-state index in [2.05, 4.69) is 14.7 Å². The molecule has 1 aromatic heterocycles. The summed E-state index contributed by atoms with van der Waals surface area (Å²) in [5.74, 6) is -0.473. The van der Waals surface area contributed by atoms with E-state index in [-0.39, 0.29) is 13.2 Å². The summed E-state index contributed by atoms with van der Waals surface area (Å²) in [5, 5.41) is 0. The molecule has 0 radical (unpaired) electrons. The fraction of sp³-hybridized carbons (Fsp3) is 0.412. The minimum Gasteiger partial charge on any atom is -0.476 e. The molecular weight excluding hydrogens is 394 g/mol. The summed E-state index contributed by atoms with van der Waals surface area (Å²) in [6, 6.07) is 3.94. The van der Waals surface area contributed by atoms with Gasteiger partial charge in [0.2, 0.25) is 15.9 Å². The third-order valence-corrected chi connectivity index (χ3v) is 5.46. The van der Waals surface area contributed by atoms with E-state index in [9.17, 15) is 17.2 Å². The lowest BCUT2D eigenvalue weighted by Gasteiger charge is -2.28. The van der Waals surface area contributed by atoms with Gasteiger partial charge in [-0.05, 0) is 19.1 Å². The SMILES string of the molecule is Cc1nc(OCCNS(=O)(=O)c2ccc(F)cc2F)cc(N2CCOCC2)n1. The summed E-state index contributed by atoms with van der Waals surface area (Å²) in [4.78, 5) is 9.97. The topological polar surface area (TPSA) is 93.6 Å². The van der Waals surface area contributed by atoms with Crippen LogP contribution in [0.15, 0.2) is 29.2 Å². The average molecular weight is 414 g/mol. The second kappa shape index (κ2) is 8.76. The van der Waals surface area contributed by atoms with E-state index in [4.69, 9.17) is 9.47 Å². The van der Waals surface area contributed by atoms with E-state index >= 15 is 0 Å². The lowest BCUT2D eigenvalue weighted by atomic mass is 10.3. The number of benzene rings is 1. The highest BCUT2D eigenvalue weighted by Gasteiger charge is 2.19. The Morgan fingerprint density at radius 3 is 2.68 bits per heavy atom. The van der Waals surface area contributed by atoms with Gasteiger partial charge in [-0.1, -0.05) is 0 Å². The van der Waals surface area contributed by atoms with Crippen LogP contribution in [0.2, 0.25) is 0 Å². The Morgan fingerprint density at radius 2 is 1.96 bits per heavy atom.